The molecular weight excluding hydrogens is 198 g/mol. The van der Waals surface area contributed by atoms with E-state index in [2.05, 4.69) is 16.3 Å². The summed E-state index contributed by atoms with van der Waals surface area (Å²) in [5, 5.41) is 16.5. The van der Waals surface area contributed by atoms with Crippen molar-refractivity contribution in [3.05, 3.63) is 17.0 Å². The van der Waals surface area contributed by atoms with Gasteiger partial charge in [-0.2, -0.15) is 10.4 Å². The minimum atomic E-state index is 0.624. The van der Waals surface area contributed by atoms with Crippen LogP contribution < -0.4 is 0 Å². The number of nitrogens with zero attached hydrogens (tertiary/aromatic N) is 2. The van der Waals surface area contributed by atoms with E-state index in [1.807, 2.05) is 0 Å². The average Bonchev–Trinajstić information content (AvgIpc) is 2.97. The average molecular weight is 215 g/mol. The van der Waals surface area contributed by atoms with Gasteiger partial charge in [-0.25, -0.2) is 0 Å². The van der Waals surface area contributed by atoms with Crippen molar-refractivity contribution in [1.82, 2.24) is 10.2 Å². The van der Waals surface area contributed by atoms with E-state index in [1.54, 1.807) is 0 Å². The van der Waals surface area contributed by atoms with Crippen LogP contribution in [-0.4, -0.2) is 10.2 Å². The minimum Gasteiger partial charge on any atom is -0.282 e. The lowest BCUT2D eigenvalue weighted by Gasteiger charge is -2.24. The smallest absolute Gasteiger partial charge is 0.0688 e. The molecule has 0 aliphatic heterocycles. The molecule has 2 fully saturated rings. The quantitative estimate of drug-likeness (QED) is 0.839. The summed E-state index contributed by atoms with van der Waals surface area (Å²) < 4.78 is 0. The molecule has 0 amide bonds. The first kappa shape index (κ1) is 9.89. The third-order valence-corrected chi connectivity index (χ3v) is 3.90. The van der Waals surface area contributed by atoms with Crippen molar-refractivity contribution in [2.45, 2.75) is 56.8 Å². The van der Waals surface area contributed by atoms with Crippen LogP contribution in [0.5, 0.6) is 0 Å². The van der Waals surface area contributed by atoms with E-state index in [0.717, 1.165) is 12.3 Å². The lowest BCUT2D eigenvalue weighted by atomic mass is 9.80. The van der Waals surface area contributed by atoms with Crippen molar-refractivity contribution in [3.8, 4) is 6.07 Å². The second-order valence-corrected chi connectivity index (χ2v) is 5.06. The standard InChI is InChI=1S/C13H17N3/c14-8-2-5-11-12(9-3-1-4-9)15-16-13(11)10-6-7-10/h9-10H,1-7H2,(H,15,16). The van der Waals surface area contributed by atoms with Gasteiger partial charge in [0.2, 0.25) is 0 Å². The summed E-state index contributed by atoms with van der Waals surface area (Å²) >= 11 is 0. The Morgan fingerprint density at radius 1 is 1.25 bits per heavy atom. The number of nitrogens with one attached hydrogen (secondary N) is 1. The van der Waals surface area contributed by atoms with Crippen LogP contribution in [0.25, 0.3) is 0 Å². The fraction of sp³-hybridized carbons (Fsp3) is 0.692. The molecule has 0 bridgehead atoms. The van der Waals surface area contributed by atoms with Gasteiger partial charge in [0.1, 0.15) is 0 Å². The van der Waals surface area contributed by atoms with Crippen LogP contribution in [0.2, 0.25) is 0 Å². The van der Waals surface area contributed by atoms with Gasteiger partial charge in [0, 0.05) is 24.0 Å². The Hall–Kier alpha value is -1.30. The Morgan fingerprint density at radius 2 is 2.06 bits per heavy atom. The van der Waals surface area contributed by atoms with Gasteiger partial charge in [0.05, 0.1) is 11.8 Å². The number of nitriles is 1. The van der Waals surface area contributed by atoms with Gasteiger partial charge in [-0.15, -0.1) is 0 Å². The largest absolute Gasteiger partial charge is 0.282 e. The Balaban J connectivity index is 1.87. The van der Waals surface area contributed by atoms with Gasteiger partial charge in [-0.05, 0) is 37.7 Å². The predicted octanol–water partition coefficient (Wildman–Crippen LogP) is 3.01. The topological polar surface area (TPSA) is 52.5 Å². The molecule has 0 spiro atoms. The number of hydrogen-bond donors (Lipinski definition) is 1. The summed E-state index contributed by atoms with van der Waals surface area (Å²) in [4.78, 5) is 0. The van der Waals surface area contributed by atoms with Gasteiger partial charge >= 0.3 is 0 Å². The molecule has 1 aromatic rings. The lowest BCUT2D eigenvalue weighted by molar-refractivity contribution is 0.408. The summed E-state index contributed by atoms with van der Waals surface area (Å²) in [5.74, 6) is 1.40. The Kier molecular flexibility index (Phi) is 2.43. The lowest BCUT2D eigenvalue weighted by Crippen LogP contribution is -2.11. The van der Waals surface area contributed by atoms with Crippen LogP contribution >= 0.6 is 0 Å². The molecule has 1 aromatic heterocycles. The minimum absolute atomic E-state index is 0.624. The molecule has 3 heteroatoms. The van der Waals surface area contributed by atoms with Crippen molar-refractivity contribution in [3.63, 3.8) is 0 Å². The third-order valence-electron chi connectivity index (χ3n) is 3.90. The zero-order valence-electron chi connectivity index (χ0n) is 9.50. The van der Waals surface area contributed by atoms with Crippen LogP contribution in [0.15, 0.2) is 0 Å². The molecule has 1 N–H and O–H groups in total. The molecule has 2 saturated carbocycles. The zero-order valence-corrected chi connectivity index (χ0v) is 9.50. The Labute approximate surface area is 95.9 Å². The molecule has 2 aliphatic carbocycles. The van der Waals surface area contributed by atoms with E-state index in [1.165, 1.54) is 49.1 Å². The van der Waals surface area contributed by atoms with Gasteiger partial charge in [0.25, 0.3) is 0 Å². The zero-order chi connectivity index (χ0) is 11.0. The molecule has 0 unspecified atom stereocenters. The van der Waals surface area contributed by atoms with Gasteiger partial charge in [0.15, 0.2) is 0 Å². The molecule has 3 rings (SSSR count). The molecule has 1 heterocycles. The number of aromatic amines is 1. The molecule has 84 valence electrons. The maximum absolute atomic E-state index is 8.73. The summed E-state index contributed by atoms with van der Waals surface area (Å²) in [6, 6.07) is 2.25. The van der Waals surface area contributed by atoms with E-state index in [-0.39, 0.29) is 0 Å². The van der Waals surface area contributed by atoms with Crippen molar-refractivity contribution < 1.29 is 0 Å². The third kappa shape index (κ3) is 1.63. The van der Waals surface area contributed by atoms with Gasteiger partial charge in [-0.1, -0.05) is 6.42 Å². The van der Waals surface area contributed by atoms with Crippen molar-refractivity contribution in [2.75, 3.05) is 0 Å². The summed E-state index contributed by atoms with van der Waals surface area (Å²) in [7, 11) is 0. The molecule has 16 heavy (non-hydrogen) atoms. The summed E-state index contributed by atoms with van der Waals surface area (Å²) in [6.45, 7) is 0. The number of H-pyrrole nitrogens is 1. The SMILES string of the molecule is N#CCCc1c(C2CCC2)n[nH]c1C1CC1. The molecule has 0 radical (unpaired) electrons. The highest BCUT2D eigenvalue weighted by atomic mass is 15.1. The van der Waals surface area contributed by atoms with Crippen molar-refractivity contribution in [2.24, 2.45) is 0 Å². The van der Waals surface area contributed by atoms with Crippen molar-refractivity contribution >= 4 is 0 Å². The second-order valence-electron chi connectivity index (χ2n) is 5.06. The summed E-state index contributed by atoms with van der Waals surface area (Å²) in [5.41, 5.74) is 4.01. The molecule has 0 aromatic carbocycles. The van der Waals surface area contributed by atoms with Crippen LogP contribution in [0, 0.1) is 11.3 Å². The van der Waals surface area contributed by atoms with Crippen molar-refractivity contribution in [1.29, 1.82) is 5.26 Å². The first-order chi connectivity index (χ1) is 7.90. The van der Waals surface area contributed by atoms with Crippen LogP contribution in [0.1, 0.15) is 67.3 Å². The highest BCUT2D eigenvalue weighted by Gasteiger charge is 2.32. The molecule has 0 saturated heterocycles. The van der Waals surface area contributed by atoms with Crippen LogP contribution in [0.3, 0.4) is 0 Å². The van der Waals surface area contributed by atoms with E-state index in [4.69, 9.17) is 5.26 Å². The van der Waals surface area contributed by atoms with E-state index in [0.29, 0.717) is 12.3 Å². The van der Waals surface area contributed by atoms with E-state index in [9.17, 15) is 0 Å². The first-order valence-electron chi connectivity index (χ1n) is 6.34. The van der Waals surface area contributed by atoms with Gasteiger partial charge in [-0.3, -0.25) is 5.10 Å². The highest BCUT2D eigenvalue weighted by Crippen LogP contribution is 2.45. The van der Waals surface area contributed by atoms with Gasteiger partial charge < -0.3 is 0 Å². The molecule has 2 aliphatic rings. The maximum Gasteiger partial charge on any atom is 0.0688 e. The maximum atomic E-state index is 8.73. The number of hydrogen-bond acceptors (Lipinski definition) is 2. The monoisotopic (exact) mass is 215 g/mol. The van der Waals surface area contributed by atoms with Crippen LogP contribution in [-0.2, 0) is 6.42 Å². The van der Waals surface area contributed by atoms with E-state index < -0.39 is 0 Å². The highest BCUT2D eigenvalue weighted by molar-refractivity contribution is 5.34. The van der Waals surface area contributed by atoms with Crippen LogP contribution in [0.4, 0.5) is 0 Å². The molecule has 0 atom stereocenters. The fourth-order valence-corrected chi connectivity index (χ4v) is 2.57. The number of rotatable bonds is 4. The Morgan fingerprint density at radius 3 is 2.62 bits per heavy atom. The predicted molar refractivity (Wildman–Crippen MR) is 61.1 cm³/mol. The fourth-order valence-electron chi connectivity index (χ4n) is 2.57. The normalized spacial score (nSPS) is 20.4. The second kappa shape index (κ2) is 3.93. The number of aromatic nitrogens is 2. The first-order valence-corrected chi connectivity index (χ1v) is 6.34. The Bertz CT molecular complexity index is 419. The van der Waals surface area contributed by atoms with E-state index >= 15 is 0 Å². The molecular formula is C13H17N3. The summed E-state index contributed by atoms with van der Waals surface area (Å²) in [6.07, 6.45) is 8.03. The molecule has 3 nitrogen and oxygen atoms in total.